The summed E-state index contributed by atoms with van der Waals surface area (Å²) < 4.78 is 5.21. The smallest absolute Gasteiger partial charge is 0.236 e. The molecule has 1 aliphatic rings. The zero-order chi connectivity index (χ0) is 13.0. The lowest BCUT2D eigenvalue weighted by molar-refractivity contribution is -0.121. The molecule has 18 heavy (non-hydrogen) atoms. The summed E-state index contributed by atoms with van der Waals surface area (Å²) in [6.45, 7) is 1.39. The van der Waals surface area contributed by atoms with Crippen LogP contribution in [-0.4, -0.2) is 31.1 Å². The predicted molar refractivity (Wildman–Crippen MR) is 68.9 cm³/mol. The zero-order valence-corrected chi connectivity index (χ0v) is 10.6. The van der Waals surface area contributed by atoms with Crippen molar-refractivity contribution < 1.29 is 9.53 Å². The van der Waals surface area contributed by atoms with E-state index in [-0.39, 0.29) is 11.9 Å². The molecule has 0 aromatic heterocycles. The van der Waals surface area contributed by atoms with Gasteiger partial charge in [0.25, 0.3) is 0 Å². The van der Waals surface area contributed by atoms with Crippen LogP contribution in [0.2, 0.25) is 0 Å². The van der Waals surface area contributed by atoms with Crippen molar-refractivity contribution in [1.82, 2.24) is 10.4 Å². The van der Waals surface area contributed by atoms with Crippen LogP contribution in [-0.2, 0) is 4.79 Å². The van der Waals surface area contributed by atoms with E-state index in [2.05, 4.69) is 5.43 Å². The van der Waals surface area contributed by atoms with Crippen molar-refractivity contribution in [3.05, 3.63) is 29.8 Å². The van der Waals surface area contributed by atoms with Gasteiger partial charge in [0.1, 0.15) is 5.75 Å². The standard InChI is InChI=1S/C13H19N3O2/c1-18-11-5-2-4-10(8-11)12-9-13(17)15-16(12)7-3-6-14/h2,4-5,8,12H,3,6-7,9,14H2,1H3,(H,15,17). The van der Waals surface area contributed by atoms with Gasteiger partial charge in [-0.1, -0.05) is 12.1 Å². The Hall–Kier alpha value is -1.59. The van der Waals surface area contributed by atoms with Gasteiger partial charge in [-0.25, -0.2) is 5.01 Å². The van der Waals surface area contributed by atoms with E-state index in [0.717, 1.165) is 24.3 Å². The van der Waals surface area contributed by atoms with E-state index >= 15 is 0 Å². The number of amides is 1. The predicted octanol–water partition coefficient (Wildman–Crippen LogP) is 0.822. The van der Waals surface area contributed by atoms with Gasteiger partial charge in [0, 0.05) is 13.0 Å². The number of rotatable bonds is 5. The van der Waals surface area contributed by atoms with Crippen molar-refractivity contribution in [3.8, 4) is 5.75 Å². The van der Waals surface area contributed by atoms with Crippen molar-refractivity contribution in [1.29, 1.82) is 0 Å². The Morgan fingerprint density at radius 3 is 3.11 bits per heavy atom. The summed E-state index contributed by atoms with van der Waals surface area (Å²) in [5.41, 5.74) is 9.47. The molecule has 0 spiro atoms. The first-order valence-electron chi connectivity index (χ1n) is 6.14. The van der Waals surface area contributed by atoms with Crippen LogP contribution in [0.4, 0.5) is 0 Å². The average Bonchev–Trinajstić information content (AvgIpc) is 2.77. The highest BCUT2D eigenvalue weighted by Crippen LogP contribution is 2.29. The van der Waals surface area contributed by atoms with Crippen molar-refractivity contribution in [2.24, 2.45) is 5.73 Å². The molecule has 1 aromatic carbocycles. The van der Waals surface area contributed by atoms with Gasteiger partial charge in [-0.15, -0.1) is 0 Å². The maximum Gasteiger partial charge on any atom is 0.236 e. The molecule has 1 aliphatic heterocycles. The number of nitrogens with two attached hydrogens (primary N) is 1. The molecule has 1 saturated heterocycles. The number of ether oxygens (including phenoxy) is 1. The van der Waals surface area contributed by atoms with E-state index in [9.17, 15) is 4.79 Å². The summed E-state index contributed by atoms with van der Waals surface area (Å²) in [4.78, 5) is 11.5. The van der Waals surface area contributed by atoms with Crippen LogP contribution < -0.4 is 15.9 Å². The van der Waals surface area contributed by atoms with Gasteiger partial charge in [0.2, 0.25) is 5.91 Å². The summed E-state index contributed by atoms with van der Waals surface area (Å²) in [5.74, 6) is 0.866. The van der Waals surface area contributed by atoms with Crippen molar-refractivity contribution in [2.75, 3.05) is 20.2 Å². The highest BCUT2D eigenvalue weighted by molar-refractivity contribution is 5.78. The number of hydrazine groups is 1. The monoisotopic (exact) mass is 249 g/mol. The number of carbonyl (C=O) groups excluding carboxylic acids is 1. The minimum atomic E-state index is 0.0554. The van der Waals surface area contributed by atoms with Crippen LogP contribution in [0, 0.1) is 0 Å². The van der Waals surface area contributed by atoms with E-state index in [1.807, 2.05) is 29.3 Å². The number of methoxy groups -OCH3 is 1. The number of nitrogens with zero attached hydrogens (tertiary/aromatic N) is 1. The maximum absolute atomic E-state index is 11.5. The van der Waals surface area contributed by atoms with Gasteiger partial charge in [-0.05, 0) is 30.7 Å². The van der Waals surface area contributed by atoms with Gasteiger partial charge in [0.15, 0.2) is 0 Å². The molecule has 0 radical (unpaired) electrons. The van der Waals surface area contributed by atoms with Crippen LogP contribution in [0.25, 0.3) is 0 Å². The number of benzene rings is 1. The normalized spacial score (nSPS) is 19.9. The molecule has 1 amide bonds. The second-order valence-electron chi connectivity index (χ2n) is 4.37. The molecule has 1 heterocycles. The first kappa shape index (κ1) is 12.9. The van der Waals surface area contributed by atoms with Crippen molar-refractivity contribution >= 4 is 5.91 Å². The van der Waals surface area contributed by atoms with Crippen molar-refractivity contribution in [3.63, 3.8) is 0 Å². The molecule has 0 bridgehead atoms. The molecule has 1 fully saturated rings. The Morgan fingerprint density at radius 1 is 1.56 bits per heavy atom. The zero-order valence-electron chi connectivity index (χ0n) is 10.6. The third-order valence-corrected chi connectivity index (χ3v) is 3.10. The van der Waals surface area contributed by atoms with E-state index in [0.29, 0.717) is 13.0 Å². The molecular formula is C13H19N3O2. The van der Waals surface area contributed by atoms with Gasteiger partial charge in [-0.3, -0.25) is 10.2 Å². The Labute approximate surface area is 107 Å². The first-order valence-corrected chi connectivity index (χ1v) is 6.14. The summed E-state index contributed by atoms with van der Waals surface area (Å²) in [6.07, 6.45) is 1.35. The highest BCUT2D eigenvalue weighted by Gasteiger charge is 2.30. The summed E-state index contributed by atoms with van der Waals surface area (Å²) >= 11 is 0. The Kier molecular flexibility index (Phi) is 4.17. The molecule has 0 saturated carbocycles. The van der Waals surface area contributed by atoms with E-state index < -0.39 is 0 Å². The topological polar surface area (TPSA) is 67.6 Å². The molecule has 2 rings (SSSR count). The fraction of sp³-hybridized carbons (Fsp3) is 0.462. The minimum absolute atomic E-state index is 0.0554. The number of carbonyl (C=O) groups is 1. The lowest BCUT2D eigenvalue weighted by Gasteiger charge is -2.23. The molecule has 1 atom stereocenters. The average molecular weight is 249 g/mol. The molecule has 1 unspecified atom stereocenters. The highest BCUT2D eigenvalue weighted by atomic mass is 16.5. The van der Waals surface area contributed by atoms with Crippen LogP contribution in [0.1, 0.15) is 24.4 Å². The molecule has 98 valence electrons. The lowest BCUT2D eigenvalue weighted by atomic mass is 10.0. The summed E-state index contributed by atoms with van der Waals surface area (Å²) in [7, 11) is 1.64. The van der Waals surface area contributed by atoms with Gasteiger partial charge < -0.3 is 10.5 Å². The Balaban J connectivity index is 2.15. The van der Waals surface area contributed by atoms with Crippen molar-refractivity contribution in [2.45, 2.75) is 18.9 Å². The Morgan fingerprint density at radius 2 is 2.39 bits per heavy atom. The second-order valence-corrected chi connectivity index (χ2v) is 4.37. The molecule has 3 N–H and O–H groups in total. The molecule has 5 nitrogen and oxygen atoms in total. The van der Waals surface area contributed by atoms with E-state index in [1.165, 1.54) is 0 Å². The molecule has 0 aliphatic carbocycles. The minimum Gasteiger partial charge on any atom is -0.497 e. The van der Waals surface area contributed by atoms with Gasteiger partial charge >= 0.3 is 0 Å². The quantitative estimate of drug-likeness (QED) is 0.811. The van der Waals surface area contributed by atoms with Gasteiger partial charge in [0.05, 0.1) is 13.2 Å². The number of hydrogen-bond acceptors (Lipinski definition) is 4. The molecule has 1 aromatic rings. The molecular weight excluding hydrogens is 230 g/mol. The van der Waals surface area contributed by atoms with E-state index in [4.69, 9.17) is 10.5 Å². The maximum atomic E-state index is 11.5. The largest absolute Gasteiger partial charge is 0.497 e. The summed E-state index contributed by atoms with van der Waals surface area (Å²) in [5, 5.41) is 1.96. The van der Waals surface area contributed by atoms with E-state index in [1.54, 1.807) is 7.11 Å². The first-order chi connectivity index (χ1) is 8.74. The summed E-state index contributed by atoms with van der Waals surface area (Å²) in [6, 6.07) is 7.90. The van der Waals surface area contributed by atoms with Crippen LogP contribution in [0.3, 0.4) is 0 Å². The molecule has 5 heteroatoms. The number of hydrogen-bond donors (Lipinski definition) is 2. The van der Waals surface area contributed by atoms with Crippen LogP contribution in [0.5, 0.6) is 5.75 Å². The third kappa shape index (κ3) is 2.80. The second kappa shape index (κ2) is 5.84. The van der Waals surface area contributed by atoms with Crippen LogP contribution in [0.15, 0.2) is 24.3 Å². The Bertz CT molecular complexity index is 422. The third-order valence-electron chi connectivity index (χ3n) is 3.10. The number of nitrogens with one attached hydrogen (secondary N) is 1. The van der Waals surface area contributed by atoms with Crippen LogP contribution >= 0.6 is 0 Å². The SMILES string of the molecule is COc1cccc(C2CC(=O)NN2CCCN)c1. The fourth-order valence-electron chi connectivity index (χ4n) is 2.19. The van der Waals surface area contributed by atoms with Gasteiger partial charge in [-0.2, -0.15) is 0 Å². The fourth-order valence-corrected chi connectivity index (χ4v) is 2.19. The lowest BCUT2D eigenvalue weighted by Crippen LogP contribution is -2.36.